The van der Waals surface area contributed by atoms with Gasteiger partial charge < -0.3 is 20.9 Å². The van der Waals surface area contributed by atoms with E-state index in [1.165, 1.54) is 0 Å². The van der Waals surface area contributed by atoms with Crippen LogP contribution in [0.3, 0.4) is 0 Å². The highest BCUT2D eigenvalue weighted by molar-refractivity contribution is 6.01. The van der Waals surface area contributed by atoms with Crippen molar-refractivity contribution in [1.29, 1.82) is 0 Å². The van der Waals surface area contributed by atoms with E-state index in [2.05, 4.69) is 5.16 Å². The molecule has 0 aliphatic heterocycles. The van der Waals surface area contributed by atoms with Crippen molar-refractivity contribution < 1.29 is 15.1 Å². The average molecular weight is 259 g/mol. The summed E-state index contributed by atoms with van der Waals surface area (Å²) >= 11 is 0. The standard InChI is InChI=1S/C12H25N3O3/c1-3-7-10(11(13)14-18)12(17)15(2)8-5-4-6-9-16/h10,16,18H,3-9H2,1-2H3,(H2,13,14). The second-order valence-corrected chi connectivity index (χ2v) is 4.41. The van der Waals surface area contributed by atoms with Crippen molar-refractivity contribution in [3.63, 3.8) is 0 Å². The Bertz CT molecular complexity index is 269. The molecule has 0 rings (SSSR count). The van der Waals surface area contributed by atoms with Gasteiger partial charge in [0.2, 0.25) is 5.91 Å². The Morgan fingerprint density at radius 2 is 2.06 bits per heavy atom. The van der Waals surface area contributed by atoms with E-state index in [0.29, 0.717) is 13.0 Å². The molecule has 6 heteroatoms. The molecule has 0 saturated carbocycles. The van der Waals surface area contributed by atoms with Crippen LogP contribution in [0.4, 0.5) is 0 Å². The van der Waals surface area contributed by atoms with Gasteiger partial charge >= 0.3 is 0 Å². The van der Waals surface area contributed by atoms with Gasteiger partial charge in [0.15, 0.2) is 5.84 Å². The molecule has 6 nitrogen and oxygen atoms in total. The van der Waals surface area contributed by atoms with Gasteiger partial charge in [0.25, 0.3) is 0 Å². The first-order valence-corrected chi connectivity index (χ1v) is 6.41. The number of nitrogens with zero attached hydrogens (tertiary/aromatic N) is 2. The number of nitrogens with two attached hydrogens (primary N) is 1. The van der Waals surface area contributed by atoms with Gasteiger partial charge in [0.1, 0.15) is 0 Å². The van der Waals surface area contributed by atoms with Gasteiger partial charge in [-0.15, -0.1) is 0 Å². The highest BCUT2D eigenvalue weighted by Crippen LogP contribution is 2.11. The van der Waals surface area contributed by atoms with Crippen LogP contribution in [0.5, 0.6) is 0 Å². The first kappa shape index (κ1) is 16.7. The predicted octanol–water partition coefficient (Wildman–Crippen LogP) is 0.770. The lowest BCUT2D eigenvalue weighted by atomic mass is 10.0. The quantitative estimate of drug-likeness (QED) is 0.187. The number of unbranched alkanes of at least 4 members (excludes halogenated alkanes) is 2. The zero-order chi connectivity index (χ0) is 14.0. The second kappa shape index (κ2) is 9.70. The van der Waals surface area contributed by atoms with Crippen LogP contribution in [-0.2, 0) is 4.79 Å². The fraction of sp³-hybridized carbons (Fsp3) is 0.833. The van der Waals surface area contributed by atoms with E-state index in [0.717, 1.165) is 25.7 Å². The van der Waals surface area contributed by atoms with Crippen LogP contribution in [0.15, 0.2) is 5.16 Å². The summed E-state index contributed by atoms with van der Waals surface area (Å²) in [5.41, 5.74) is 5.54. The minimum atomic E-state index is -0.539. The molecule has 0 aromatic carbocycles. The number of amidine groups is 1. The summed E-state index contributed by atoms with van der Waals surface area (Å²) in [6.45, 7) is 2.75. The fourth-order valence-corrected chi connectivity index (χ4v) is 1.77. The molecule has 0 saturated heterocycles. The van der Waals surface area contributed by atoms with Gasteiger partial charge in [-0.1, -0.05) is 18.5 Å². The van der Waals surface area contributed by atoms with Crippen LogP contribution in [0.2, 0.25) is 0 Å². The number of oxime groups is 1. The van der Waals surface area contributed by atoms with E-state index < -0.39 is 5.92 Å². The summed E-state index contributed by atoms with van der Waals surface area (Å²) in [5, 5.41) is 20.3. The lowest BCUT2D eigenvalue weighted by Crippen LogP contribution is -2.40. The molecule has 0 aromatic heterocycles. The first-order chi connectivity index (χ1) is 8.58. The highest BCUT2D eigenvalue weighted by Gasteiger charge is 2.25. The first-order valence-electron chi connectivity index (χ1n) is 6.41. The number of hydrogen-bond donors (Lipinski definition) is 3. The Labute approximate surface area is 108 Å². The van der Waals surface area contributed by atoms with Crippen molar-refractivity contribution in [3.05, 3.63) is 0 Å². The third-order valence-electron chi connectivity index (χ3n) is 2.88. The SMILES string of the molecule is CCCC(C(=O)N(C)CCCCCO)C(N)=NO. The molecule has 4 N–H and O–H groups in total. The molecule has 0 fully saturated rings. The van der Waals surface area contributed by atoms with E-state index in [-0.39, 0.29) is 18.3 Å². The number of aliphatic hydroxyl groups is 1. The monoisotopic (exact) mass is 259 g/mol. The van der Waals surface area contributed by atoms with Gasteiger partial charge in [0.05, 0.1) is 5.92 Å². The maximum absolute atomic E-state index is 12.1. The van der Waals surface area contributed by atoms with Gasteiger partial charge in [0, 0.05) is 20.2 Å². The van der Waals surface area contributed by atoms with E-state index in [9.17, 15) is 4.79 Å². The Morgan fingerprint density at radius 3 is 2.56 bits per heavy atom. The maximum Gasteiger partial charge on any atom is 0.233 e. The number of hydrogen-bond acceptors (Lipinski definition) is 4. The molecule has 0 aliphatic carbocycles. The lowest BCUT2D eigenvalue weighted by molar-refractivity contribution is -0.132. The van der Waals surface area contributed by atoms with Gasteiger partial charge in [-0.05, 0) is 25.7 Å². The van der Waals surface area contributed by atoms with Crippen LogP contribution < -0.4 is 5.73 Å². The molecule has 106 valence electrons. The van der Waals surface area contributed by atoms with E-state index >= 15 is 0 Å². The average Bonchev–Trinajstić information content (AvgIpc) is 2.39. The minimum absolute atomic E-state index is 0.0240. The normalized spacial score (nSPS) is 13.4. The summed E-state index contributed by atoms with van der Waals surface area (Å²) in [4.78, 5) is 13.7. The molecule has 1 unspecified atom stereocenters. The molecule has 18 heavy (non-hydrogen) atoms. The molecular formula is C12H25N3O3. The number of amides is 1. The van der Waals surface area contributed by atoms with Gasteiger partial charge in [-0.3, -0.25) is 4.79 Å². The van der Waals surface area contributed by atoms with E-state index in [1.807, 2.05) is 6.92 Å². The third kappa shape index (κ3) is 5.86. The maximum atomic E-state index is 12.1. The zero-order valence-corrected chi connectivity index (χ0v) is 11.3. The van der Waals surface area contributed by atoms with Crippen molar-refractivity contribution in [2.24, 2.45) is 16.8 Å². The Balaban J connectivity index is 4.29. The van der Waals surface area contributed by atoms with Crippen molar-refractivity contribution >= 4 is 11.7 Å². The largest absolute Gasteiger partial charge is 0.409 e. The summed E-state index contributed by atoms with van der Waals surface area (Å²) in [6, 6.07) is 0. The Morgan fingerprint density at radius 1 is 1.39 bits per heavy atom. The van der Waals surface area contributed by atoms with Crippen molar-refractivity contribution in [3.8, 4) is 0 Å². The smallest absolute Gasteiger partial charge is 0.233 e. The molecule has 1 amide bonds. The van der Waals surface area contributed by atoms with Crippen LogP contribution in [0, 0.1) is 5.92 Å². The van der Waals surface area contributed by atoms with Crippen LogP contribution in [-0.4, -0.2) is 47.2 Å². The third-order valence-corrected chi connectivity index (χ3v) is 2.88. The fourth-order valence-electron chi connectivity index (χ4n) is 1.77. The van der Waals surface area contributed by atoms with Crippen LogP contribution in [0.25, 0.3) is 0 Å². The number of rotatable bonds is 9. The lowest BCUT2D eigenvalue weighted by Gasteiger charge is -2.22. The zero-order valence-electron chi connectivity index (χ0n) is 11.3. The molecule has 1 atom stereocenters. The predicted molar refractivity (Wildman–Crippen MR) is 70.4 cm³/mol. The van der Waals surface area contributed by atoms with E-state index in [1.54, 1.807) is 11.9 Å². The van der Waals surface area contributed by atoms with Crippen molar-refractivity contribution in [2.75, 3.05) is 20.2 Å². The van der Waals surface area contributed by atoms with E-state index in [4.69, 9.17) is 16.0 Å². The minimum Gasteiger partial charge on any atom is -0.409 e. The summed E-state index contributed by atoms with van der Waals surface area (Å²) in [6.07, 6.45) is 3.86. The Hall–Kier alpha value is -1.30. The van der Waals surface area contributed by atoms with Crippen molar-refractivity contribution in [2.45, 2.75) is 39.0 Å². The second-order valence-electron chi connectivity index (χ2n) is 4.41. The number of carbonyl (C=O) groups excluding carboxylic acids is 1. The summed E-state index contributed by atoms with van der Waals surface area (Å²) < 4.78 is 0. The van der Waals surface area contributed by atoms with Crippen LogP contribution in [0.1, 0.15) is 39.0 Å². The molecule has 0 radical (unpaired) electrons. The molecule has 0 heterocycles. The molecule has 0 bridgehead atoms. The Kier molecular flexibility index (Phi) is 9.00. The summed E-state index contributed by atoms with van der Waals surface area (Å²) in [5.74, 6) is -0.678. The highest BCUT2D eigenvalue weighted by atomic mass is 16.4. The molecule has 0 spiro atoms. The number of aliphatic hydroxyl groups excluding tert-OH is 1. The topological polar surface area (TPSA) is 99.2 Å². The van der Waals surface area contributed by atoms with Gasteiger partial charge in [-0.25, -0.2) is 0 Å². The van der Waals surface area contributed by atoms with Crippen LogP contribution >= 0.6 is 0 Å². The molecular weight excluding hydrogens is 234 g/mol. The number of carbonyl (C=O) groups is 1. The molecule has 0 aromatic rings. The summed E-state index contributed by atoms with van der Waals surface area (Å²) in [7, 11) is 1.72. The molecule has 0 aliphatic rings. The van der Waals surface area contributed by atoms with Gasteiger partial charge in [-0.2, -0.15) is 0 Å². The van der Waals surface area contributed by atoms with Crippen molar-refractivity contribution in [1.82, 2.24) is 4.90 Å².